The maximum absolute atomic E-state index is 12.9. The van der Waals surface area contributed by atoms with Crippen molar-refractivity contribution in [2.45, 2.75) is 50.2 Å². The fraction of sp³-hybridized carbons (Fsp3) is 0.400. The maximum Gasteiger partial charge on any atom is 0.326 e. The lowest BCUT2D eigenvalue weighted by Gasteiger charge is -2.21. The van der Waals surface area contributed by atoms with Gasteiger partial charge in [0, 0.05) is 35.4 Å². The normalized spacial score (nSPS) is 13.4. The van der Waals surface area contributed by atoms with Crippen LogP contribution in [0.5, 0.6) is 0 Å². The molecule has 2 heterocycles. The summed E-state index contributed by atoms with van der Waals surface area (Å²) in [4.78, 5) is 59.4. The number of imidazole rings is 1. The molecule has 0 aliphatic carbocycles. The van der Waals surface area contributed by atoms with Gasteiger partial charge in [-0.1, -0.05) is 18.2 Å². The first-order chi connectivity index (χ1) is 18.3. The number of para-hydroxylation sites is 1. The van der Waals surface area contributed by atoms with Crippen LogP contribution in [0.15, 0.2) is 43.0 Å². The molecule has 0 aliphatic heterocycles. The predicted molar refractivity (Wildman–Crippen MR) is 140 cm³/mol. The van der Waals surface area contributed by atoms with Crippen molar-refractivity contribution in [3.8, 4) is 0 Å². The first kappa shape index (κ1) is 28.3. The van der Waals surface area contributed by atoms with Gasteiger partial charge in [0.2, 0.25) is 17.7 Å². The Hall–Kier alpha value is -4.23. The minimum Gasteiger partial charge on any atom is -0.480 e. The van der Waals surface area contributed by atoms with E-state index in [0.717, 1.165) is 16.5 Å². The van der Waals surface area contributed by atoms with Crippen molar-refractivity contribution in [1.82, 2.24) is 30.9 Å². The lowest BCUT2D eigenvalue weighted by atomic mass is 10.1. The molecule has 0 fully saturated rings. The number of nitrogens with zero attached hydrogens (tertiary/aromatic N) is 1. The second-order valence-electron chi connectivity index (χ2n) is 8.97. The number of hydrogen-bond donors (Lipinski definition) is 8. The minimum absolute atomic E-state index is 0.00504. The average Bonchev–Trinajstić information content (AvgIpc) is 3.56. The number of carboxylic acids is 1. The average molecular weight is 527 g/mol. The second-order valence-corrected chi connectivity index (χ2v) is 8.97. The first-order valence-electron chi connectivity index (χ1n) is 12.4. The molecule has 204 valence electrons. The van der Waals surface area contributed by atoms with Gasteiger partial charge in [-0.15, -0.1) is 0 Å². The number of carbonyl (C=O) groups is 4. The van der Waals surface area contributed by atoms with E-state index in [0.29, 0.717) is 25.1 Å². The number of amides is 3. The number of aromatic amines is 2. The van der Waals surface area contributed by atoms with Crippen LogP contribution in [0.2, 0.25) is 0 Å². The van der Waals surface area contributed by atoms with Crippen molar-refractivity contribution in [3.63, 3.8) is 0 Å². The van der Waals surface area contributed by atoms with Crippen LogP contribution < -0.4 is 27.4 Å². The van der Waals surface area contributed by atoms with Crippen LogP contribution in [0.1, 0.15) is 30.5 Å². The standard InChI is InChI=1S/C25H34N8O5/c26-8-4-3-7-20(24(36)33-21(25(37)38)10-16-12-28-14-31-16)32-22(34)13-30-23(35)18(27)9-15-11-29-19-6-2-1-5-17(15)19/h1-2,5-6,11-12,14,18,20-21,29H,3-4,7-10,13,26-27H2,(H,28,31)(H,30,35)(H,32,34)(H,33,36)(H,37,38). The Labute approximate surface area is 219 Å². The van der Waals surface area contributed by atoms with E-state index < -0.39 is 48.4 Å². The SMILES string of the molecule is NCCCCC(NC(=O)CNC(=O)C(N)Cc1c[nH]c2ccccc12)C(=O)NC(Cc1cnc[nH]1)C(=O)O. The van der Waals surface area contributed by atoms with Crippen molar-refractivity contribution >= 4 is 34.6 Å². The van der Waals surface area contributed by atoms with E-state index >= 15 is 0 Å². The molecule has 0 bridgehead atoms. The third-order valence-corrected chi connectivity index (χ3v) is 6.07. The van der Waals surface area contributed by atoms with Crippen LogP contribution >= 0.6 is 0 Å². The van der Waals surface area contributed by atoms with E-state index in [1.165, 1.54) is 12.5 Å². The van der Waals surface area contributed by atoms with Gasteiger partial charge in [-0.25, -0.2) is 9.78 Å². The van der Waals surface area contributed by atoms with Crippen molar-refractivity contribution < 1.29 is 24.3 Å². The number of unbranched alkanes of at least 4 members (excludes halogenated alkanes) is 1. The van der Waals surface area contributed by atoms with E-state index in [2.05, 4.69) is 30.9 Å². The Morgan fingerprint density at radius 1 is 1.00 bits per heavy atom. The summed E-state index contributed by atoms with van der Waals surface area (Å²) in [7, 11) is 0. The Kier molecular flexibility index (Phi) is 10.4. The summed E-state index contributed by atoms with van der Waals surface area (Å²) in [6.07, 6.45) is 6.35. The van der Waals surface area contributed by atoms with Crippen LogP contribution in [-0.4, -0.2) is 75.0 Å². The van der Waals surface area contributed by atoms with E-state index in [1.54, 1.807) is 6.20 Å². The van der Waals surface area contributed by atoms with Gasteiger partial charge in [0.25, 0.3) is 0 Å². The van der Waals surface area contributed by atoms with Crippen LogP contribution in [-0.2, 0) is 32.0 Å². The van der Waals surface area contributed by atoms with E-state index in [-0.39, 0.29) is 19.3 Å². The van der Waals surface area contributed by atoms with Crippen LogP contribution in [0, 0.1) is 0 Å². The number of H-pyrrole nitrogens is 2. The summed E-state index contributed by atoms with van der Waals surface area (Å²) >= 11 is 0. The minimum atomic E-state index is -1.23. The molecule has 38 heavy (non-hydrogen) atoms. The number of hydrogen-bond acceptors (Lipinski definition) is 7. The largest absolute Gasteiger partial charge is 0.480 e. The molecule has 3 amide bonds. The summed E-state index contributed by atoms with van der Waals surface area (Å²) in [6.45, 7) is 0.0157. The predicted octanol–water partition coefficient (Wildman–Crippen LogP) is -0.697. The highest BCUT2D eigenvalue weighted by Gasteiger charge is 2.27. The molecule has 0 aliphatic rings. The third kappa shape index (κ3) is 8.15. The highest BCUT2D eigenvalue weighted by molar-refractivity contribution is 5.93. The molecule has 0 saturated heterocycles. The van der Waals surface area contributed by atoms with Gasteiger partial charge in [0.1, 0.15) is 12.1 Å². The number of aromatic nitrogens is 3. The zero-order valence-electron chi connectivity index (χ0n) is 20.9. The number of carbonyl (C=O) groups excluding carboxylic acids is 3. The third-order valence-electron chi connectivity index (χ3n) is 6.07. The van der Waals surface area contributed by atoms with Crippen molar-refractivity contribution in [2.24, 2.45) is 11.5 Å². The van der Waals surface area contributed by atoms with Gasteiger partial charge in [-0.3, -0.25) is 14.4 Å². The molecule has 3 aromatic rings. The molecule has 1 aromatic carbocycles. The van der Waals surface area contributed by atoms with Crippen LogP contribution in [0.4, 0.5) is 0 Å². The number of fused-ring (bicyclic) bond motifs is 1. The van der Waals surface area contributed by atoms with Crippen molar-refractivity contribution in [1.29, 1.82) is 0 Å². The summed E-state index contributed by atoms with van der Waals surface area (Å²) in [5, 5.41) is 18.0. The molecule has 0 saturated carbocycles. The number of nitrogens with two attached hydrogens (primary N) is 2. The maximum atomic E-state index is 12.9. The number of benzene rings is 1. The number of aliphatic carboxylic acids is 1. The van der Waals surface area contributed by atoms with E-state index in [4.69, 9.17) is 11.5 Å². The molecular weight excluding hydrogens is 492 g/mol. The van der Waals surface area contributed by atoms with E-state index in [1.807, 2.05) is 24.3 Å². The molecular formula is C25H34N8O5. The molecule has 3 rings (SSSR count). The van der Waals surface area contributed by atoms with Gasteiger partial charge in [0.15, 0.2) is 0 Å². The van der Waals surface area contributed by atoms with Crippen molar-refractivity contribution in [3.05, 3.63) is 54.2 Å². The van der Waals surface area contributed by atoms with Gasteiger partial charge in [0.05, 0.1) is 18.9 Å². The highest BCUT2D eigenvalue weighted by atomic mass is 16.4. The van der Waals surface area contributed by atoms with Crippen LogP contribution in [0.3, 0.4) is 0 Å². The molecule has 2 aromatic heterocycles. The number of rotatable bonds is 15. The quantitative estimate of drug-likeness (QED) is 0.118. The van der Waals surface area contributed by atoms with Crippen molar-refractivity contribution in [2.75, 3.05) is 13.1 Å². The molecule has 0 radical (unpaired) electrons. The summed E-state index contributed by atoms with van der Waals surface area (Å²) in [6, 6.07) is 4.53. The molecule has 10 N–H and O–H groups in total. The van der Waals surface area contributed by atoms with Gasteiger partial charge < -0.3 is 42.5 Å². The fourth-order valence-corrected chi connectivity index (χ4v) is 4.02. The molecule has 3 unspecified atom stereocenters. The van der Waals surface area contributed by atoms with E-state index in [9.17, 15) is 24.3 Å². The van der Waals surface area contributed by atoms with Crippen LogP contribution in [0.25, 0.3) is 10.9 Å². The fourth-order valence-electron chi connectivity index (χ4n) is 4.02. The summed E-state index contributed by atoms with van der Waals surface area (Å²) in [5.41, 5.74) is 13.9. The van der Waals surface area contributed by atoms with Gasteiger partial charge in [-0.05, 0) is 43.9 Å². The second kappa shape index (κ2) is 13.9. The Bertz CT molecular complexity index is 1230. The first-order valence-corrected chi connectivity index (χ1v) is 12.4. The summed E-state index contributed by atoms with van der Waals surface area (Å²) in [5.74, 6) is -2.99. The zero-order chi connectivity index (χ0) is 27.5. The molecule has 0 spiro atoms. The Morgan fingerprint density at radius 3 is 2.50 bits per heavy atom. The van der Waals surface area contributed by atoms with Gasteiger partial charge >= 0.3 is 5.97 Å². The highest BCUT2D eigenvalue weighted by Crippen LogP contribution is 2.18. The summed E-state index contributed by atoms with van der Waals surface area (Å²) < 4.78 is 0. The topological polar surface area (TPSA) is 221 Å². The number of nitrogens with one attached hydrogen (secondary N) is 5. The smallest absolute Gasteiger partial charge is 0.326 e. The lowest BCUT2D eigenvalue weighted by Crippen LogP contribution is -2.54. The molecule has 13 nitrogen and oxygen atoms in total. The Balaban J connectivity index is 1.54. The monoisotopic (exact) mass is 526 g/mol. The Morgan fingerprint density at radius 2 is 1.79 bits per heavy atom. The lowest BCUT2D eigenvalue weighted by molar-refractivity contribution is -0.142. The molecule has 3 atom stereocenters. The van der Waals surface area contributed by atoms with Gasteiger partial charge in [-0.2, -0.15) is 0 Å². The zero-order valence-corrected chi connectivity index (χ0v) is 20.9. The number of carboxylic acid groups (broad SMARTS) is 1. The molecule has 13 heteroatoms.